The second kappa shape index (κ2) is 4.37. The lowest BCUT2D eigenvalue weighted by Gasteiger charge is -2.24. The van der Waals surface area contributed by atoms with Crippen LogP contribution in [0.5, 0.6) is 0 Å². The summed E-state index contributed by atoms with van der Waals surface area (Å²) in [6, 6.07) is 8.32. The average Bonchev–Trinajstić information content (AvgIpc) is 2.78. The zero-order chi connectivity index (χ0) is 11.7. The van der Waals surface area contributed by atoms with Crippen molar-refractivity contribution in [2.75, 3.05) is 11.1 Å². The second-order valence-electron chi connectivity index (χ2n) is 4.34. The van der Waals surface area contributed by atoms with Crippen LogP contribution in [0.4, 0.5) is 11.6 Å². The second-order valence-corrected chi connectivity index (χ2v) is 5.34. The maximum atomic E-state index is 5.69. The van der Waals surface area contributed by atoms with E-state index in [2.05, 4.69) is 21.7 Å². The van der Waals surface area contributed by atoms with E-state index < -0.39 is 0 Å². The number of aromatic nitrogens is 1. The molecule has 0 saturated carbocycles. The summed E-state index contributed by atoms with van der Waals surface area (Å²) in [5, 5.41) is 5.66. The fraction of sp³-hybridized carbons (Fsp3) is 0.308. The van der Waals surface area contributed by atoms with E-state index >= 15 is 0 Å². The lowest BCUT2D eigenvalue weighted by molar-refractivity contribution is 0.607. The number of hydrogen-bond acceptors (Lipinski definition) is 4. The smallest absolute Gasteiger partial charge is 0.128 e. The molecule has 2 aromatic rings. The van der Waals surface area contributed by atoms with E-state index in [-0.39, 0.29) is 0 Å². The summed E-state index contributed by atoms with van der Waals surface area (Å²) in [4.78, 5) is 5.81. The highest BCUT2D eigenvalue weighted by Gasteiger charge is 2.21. The van der Waals surface area contributed by atoms with Crippen molar-refractivity contribution in [2.45, 2.75) is 25.3 Å². The Hall–Kier alpha value is -1.55. The van der Waals surface area contributed by atoms with Crippen molar-refractivity contribution in [3.63, 3.8) is 0 Å². The van der Waals surface area contributed by atoms with E-state index in [1.807, 2.05) is 29.5 Å². The molecule has 3 N–H and O–H groups in total. The van der Waals surface area contributed by atoms with Gasteiger partial charge in [-0.05, 0) is 48.4 Å². The first-order chi connectivity index (χ1) is 8.33. The Balaban J connectivity index is 1.84. The van der Waals surface area contributed by atoms with Crippen LogP contribution >= 0.6 is 11.3 Å². The molecule has 1 unspecified atom stereocenters. The molecule has 88 valence electrons. The van der Waals surface area contributed by atoms with E-state index in [4.69, 9.17) is 5.73 Å². The molecule has 2 heterocycles. The summed E-state index contributed by atoms with van der Waals surface area (Å²) in [7, 11) is 0. The van der Waals surface area contributed by atoms with E-state index in [0.717, 1.165) is 5.82 Å². The van der Waals surface area contributed by atoms with Gasteiger partial charge in [-0.3, -0.25) is 0 Å². The number of fused-ring (bicyclic) bond motifs is 1. The van der Waals surface area contributed by atoms with Crippen LogP contribution in [-0.2, 0) is 6.42 Å². The van der Waals surface area contributed by atoms with Gasteiger partial charge in [-0.25, -0.2) is 4.98 Å². The number of anilines is 2. The van der Waals surface area contributed by atoms with E-state index in [1.54, 1.807) is 0 Å². The van der Waals surface area contributed by atoms with Crippen molar-refractivity contribution < 1.29 is 0 Å². The number of thiophene rings is 1. The number of hydrogen-bond donors (Lipinski definition) is 2. The minimum absolute atomic E-state index is 0.388. The van der Waals surface area contributed by atoms with Gasteiger partial charge in [0.2, 0.25) is 0 Å². The first-order valence-corrected chi connectivity index (χ1v) is 6.76. The first kappa shape index (κ1) is 10.6. The number of nitrogen functional groups attached to an aromatic ring is 1. The molecule has 0 radical (unpaired) electrons. The van der Waals surface area contributed by atoms with E-state index in [0.29, 0.717) is 11.9 Å². The summed E-state index contributed by atoms with van der Waals surface area (Å²) in [6.45, 7) is 0. The third-order valence-electron chi connectivity index (χ3n) is 3.14. The number of aryl methyl sites for hydroxylation is 1. The zero-order valence-electron chi connectivity index (χ0n) is 9.52. The minimum Gasteiger partial charge on any atom is -0.384 e. The summed E-state index contributed by atoms with van der Waals surface area (Å²) in [5.41, 5.74) is 7.12. The van der Waals surface area contributed by atoms with Crippen molar-refractivity contribution in [2.24, 2.45) is 0 Å². The first-order valence-electron chi connectivity index (χ1n) is 5.88. The molecule has 17 heavy (non-hydrogen) atoms. The number of nitrogens with two attached hydrogens (primary N) is 1. The van der Waals surface area contributed by atoms with Crippen molar-refractivity contribution in [1.29, 1.82) is 0 Å². The third kappa shape index (κ3) is 2.13. The van der Waals surface area contributed by atoms with E-state index in [1.165, 1.54) is 29.7 Å². The molecular formula is C13H15N3S. The van der Waals surface area contributed by atoms with Crippen molar-refractivity contribution >= 4 is 23.0 Å². The monoisotopic (exact) mass is 245 g/mol. The maximum absolute atomic E-state index is 5.69. The van der Waals surface area contributed by atoms with Gasteiger partial charge in [0.15, 0.2) is 0 Å². The third-order valence-corrected chi connectivity index (χ3v) is 4.14. The molecule has 1 aliphatic carbocycles. The molecule has 0 aliphatic heterocycles. The fourth-order valence-corrected chi connectivity index (χ4v) is 3.33. The Morgan fingerprint density at radius 1 is 1.35 bits per heavy atom. The lowest BCUT2D eigenvalue weighted by Crippen LogP contribution is -2.16. The molecule has 3 rings (SSSR count). The molecule has 1 aliphatic rings. The highest BCUT2D eigenvalue weighted by molar-refractivity contribution is 7.10. The van der Waals surface area contributed by atoms with Crippen LogP contribution in [0, 0.1) is 0 Å². The topological polar surface area (TPSA) is 50.9 Å². The summed E-state index contributed by atoms with van der Waals surface area (Å²) in [6.07, 6.45) is 3.63. The SMILES string of the molecule is Nc1cccc(NC2CCCc3sccc32)n1. The van der Waals surface area contributed by atoms with Gasteiger partial charge in [0.25, 0.3) is 0 Å². The Morgan fingerprint density at radius 3 is 3.18 bits per heavy atom. The molecule has 0 saturated heterocycles. The Labute approximate surface area is 105 Å². The number of nitrogens with one attached hydrogen (secondary N) is 1. The summed E-state index contributed by atoms with van der Waals surface area (Å²) < 4.78 is 0. The van der Waals surface area contributed by atoms with Gasteiger partial charge in [-0.2, -0.15) is 0 Å². The van der Waals surface area contributed by atoms with Crippen LogP contribution in [0.1, 0.15) is 29.3 Å². The molecular weight excluding hydrogens is 230 g/mol. The predicted octanol–water partition coefficient (Wildman–Crippen LogP) is 3.21. The van der Waals surface area contributed by atoms with Crippen LogP contribution in [0.3, 0.4) is 0 Å². The molecule has 0 fully saturated rings. The molecule has 0 spiro atoms. The average molecular weight is 245 g/mol. The van der Waals surface area contributed by atoms with Crippen LogP contribution in [-0.4, -0.2) is 4.98 Å². The standard InChI is InChI=1S/C13H15N3S/c14-12-5-2-6-13(16-12)15-10-3-1-4-11-9(10)7-8-17-11/h2,5-8,10H,1,3-4H2,(H3,14,15,16). The number of nitrogens with zero attached hydrogens (tertiary/aromatic N) is 1. The Morgan fingerprint density at radius 2 is 2.29 bits per heavy atom. The molecule has 2 aromatic heterocycles. The van der Waals surface area contributed by atoms with Gasteiger partial charge in [0, 0.05) is 4.88 Å². The van der Waals surface area contributed by atoms with Gasteiger partial charge in [0.1, 0.15) is 11.6 Å². The van der Waals surface area contributed by atoms with Crippen molar-refractivity contribution in [3.05, 3.63) is 40.1 Å². The molecule has 3 nitrogen and oxygen atoms in total. The van der Waals surface area contributed by atoms with Crippen molar-refractivity contribution in [1.82, 2.24) is 4.98 Å². The summed E-state index contributed by atoms with van der Waals surface area (Å²) >= 11 is 1.86. The van der Waals surface area contributed by atoms with E-state index in [9.17, 15) is 0 Å². The van der Waals surface area contributed by atoms with Crippen LogP contribution < -0.4 is 11.1 Å². The number of rotatable bonds is 2. The largest absolute Gasteiger partial charge is 0.384 e. The van der Waals surface area contributed by atoms with Crippen LogP contribution in [0.25, 0.3) is 0 Å². The molecule has 0 aromatic carbocycles. The van der Waals surface area contributed by atoms with Gasteiger partial charge in [0.05, 0.1) is 6.04 Å². The quantitative estimate of drug-likeness (QED) is 0.854. The number of pyridine rings is 1. The highest BCUT2D eigenvalue weighted by atomic mass is 32.1. The Kier molecular flexibility index (Phi) is 2.73. The van der Waals surface area contributed by atoms with Crippen LogP contribution in [0.2, 0.25) is 0 Å². The van der Waals surface area contributed by atoms with Gasteiger partial charge in [-0.1, -0.05) is 6.07 Å². The molecule has 4 heteroatoms. The molecule has 0 bridgehead atoms. The minimum atomic E-state index is 0.388. The van der Waals surface area contributed by atoms with Crippen molar-refractivity contribution in [3.8, 4) is 0 Å². The van der Waals surface area contributed by atoms with Gasteiger partial charge in [-0.15, -0.1) is 11.3 Å². The normalized spacial score (nSPS) is 18.7. The highest BCUT2D eigenvalue weighted by Crippen LogP contribution is 2.35. The van der Waals surface area contributed by atoms with Gasteiger partial charge >= 0.3 is 0 Å². The molecule has 1 atom stereocenters. The van der Waals surface area contributed by atoms with Crippen LogP contribution in [0.15, 0.2) is 29.6 Å². The zero-order valence-corrected chi connectivity index (χ0v) is 10.3. The fourth-order valence-electron chi connectivity index (χ4n) is 2.35. The van der Waals surface area contributed by atoms with Gasteiger partial charge < -0.3 is 11.1 Å². The molecule has 0 amide bonds. The predicted molar refractivity (Wildman–Crippen MR) is 72.3 cm³/mol. The summed E-state index contributed by atoms with van der Waals surface area (Å²) in [5.74, 6) is 1.44. The maximum Gasteiger partial charge on any atom is 0.128 e. The lowest BCUT2D eigenvalue weighted by atomic mass is 9.94. The Bertz CT molecular complexity index is 521.